The lowest BCUT2D eigenvalue weighted by atomic mass is 10.4. The number of primary amides is 1. The third-order valence-corrected chi connectivity index (χ3v) is 4.34. The van der Waals surface area contributed by atoms with Gasteiger partial charge >= 0.3 is 6.03 Å². The predicted octanol–water partition coefficient (Wildman–Crippen LogP) is 1.05. The zero-order valence-corrected chi connectivity index (χ0v) is 12.3. The van der Waals surface area contributed by atoms with Crippen molar-refractivity contribution in [3.05, 3.63) is 27.7 Å². The molecule has 4 N–H and O–H groups in total. The molecule has 0 unspecified atom stereocenters. The molecule has 0 aromatic heterocycles. The molecule has 0 saturated carbocycles. The van der Waals surface area contributed by atoms with Crippen LogP contribution in [0.25, 0.3) is 0 Å². The van der Waals surface area contributed by atoms with Crippen LogP contribution in [0.3, 0.4) is 0 Å². The third-order valence-electron chi connectivity index (χ3n) is 1.90. The van der Waals surface area contributed by atoms with Crippen LogP contribution in [-0.2, 0) is 10.0 Å². The molecule has 9 heteroatoms. The molecule has 2 amide bonds. The minimum Gasteiger partial charge on any atom is -0.352 e. The van der Waals surface area contributed by atoms with Gasteiger partial charge in [0.25, 0.3) is 0 Å². The topological polar surface area (TPSA) is 101 Å². The fourth-order valence-electron chi connectivity index (χ4n) is 1.14. The number of nitrogens with two attached hydrogens (primary N) is 1. The second-order valence-electron chi connectivity index (χ2n) is 3.26. The lowest BCUT2D eigenvalue weighted by Gasteiger charge is -2.08. The summed E-state index contributed by atoms with van der Waals surface area (Å²) in [4.78, 5) is 10.4. The van der Waals surface area contributed by atoms with Gasteiger partial charge < -0.3 is 11.1 Å². The molecule has 0 atom stereocenters. The molecule has 0 aliphatic carbocycles. The van der Waals surface area contributed by atoms with E-state index in [0.29, 0.717) is 4.47 Å². The molecule has 0 saturated heterocycles. The number of sulfonamides is 1. The Morgan fingerprint density at radius 2 is 2.06 bits per heavy atom. The molecule has 6 nitrogen and oxygen atoms in total. The van der Waals surface area contributed by atoms with Gasteiger partial charge in [0.2, 0.25) is 10.0 Å². The number of hydrogen-bond acceptors (Lipinski definition) is 3. The van der Waals surface area contributed by atoms with Crippen molar-refractivity contribution in [2.24, 2.45) is 5.73 Å². The van der Waals surface area contributed by atoms with E-state index >= 15 is 0 Å². The van der Waals surface area contributed by atoms with Crippen molar-refractivity contribution in [1.82, 2.24) is 10.0 Å². The molecule has 1 rings (SSSR count). The minimum absolute atomic E-state index is 0.0218. The quantitative estimate of drug-likeness (QED) is 0.687. The van der Waals surface area contributed by atoms with Crippen LogP contribution < -0.4 is 15.8 Å². The fourth-order valence-corrected chi connectivity index (χ4v) is 3.21. The van der Waals surface area contributed by atoms with E-state index in [0.717, 1.165) is 0 Å². The van der Waals surface area contributed by atoms with Crippen molar-refractivity contribution < 1.29 is 13.2 Å². The highest BCUT2D eigenvalue weighted by Gasteiger charge is 2.17. The molecule has 0 bridgehead atoms. The highest BCUT2D eigenvalue weighted by atomic mass is 79.9. The summed E-state index contributed by atoms with van der Waals surface area (Å²) >= 11 is 9.02. The number of halogens is 2. The van der Waals surface area contributed by atoms with E-state index in [1.54, 1.807) is 6.07 Å². The number of urea groups is 1. The van der Waals surface area contributed by atoms with Crippen LogP contribution in [0.2, 0.25) is 5.02 Å². The molecule has 0 spiro atoms. The first-order valence-corrected chi connectivity index (χ1v) is 7.46. The van der Waals surface area contributed by atoms with Gasteiger partial charge in [-0.2, -0.15) is 0 Å². The van der Waals surface area contributed by atoms with Gasteiger partial charge in [-0.15, -0.1) is 0 Å². The van der Waals surface area contributed by atoms with Crippen molar-refractivity contribution in [3.63, 3.8) is 0 Å². The smallest absolute Gasteiger partial charge is 0.312 e. The second kappa shape index (κ2) is 6.37. The van der Waals surface area contributed by atoms with Crippen molar-refractivity contribution in [2.75, 3.05) is 13.1 Å². The number of carbonyl (C=O) groups is 1. The average Bonchev–Trinajstić information content (AvgIpc) is 2.23. The van der Waals surface area contributed by atoms with E-state index in [-0.39, 0.29) is 23.0 Å². The first-order valence-electron chi connectivity index (χ1n) is 4.81. The maximum Gasteiger partial charge on any atom is 0.312 e. The summed E-state index contributed by atoms with van der Waals surface area (Å²) in [5.74, 6) is 0. The highest BCUT2D eigenvalue weighted by molar-refractivity contribution is 9.10. The van der Waals surface area contributed by atoms with Gasteiger partial charge in [0.1, 0.15) is 4.90 Å². The number of benzene rings is 1. The SMILES string of the molecule is NC(=O)NCCNS(=O)(=O)c1ccc(Br)cc1Cl. The van der Waals surface area contributed by atoms with Crippen LogP contribution in [0.1, 0.15) is 0 Å². The molecule has 18 heavy (non-hydrogen) atoms. The lowest BCUT2D eigenvalue weighted by molar-refractivity contribution is 0.249. The van der Waals surface area contributed by atoms with Crippen LogP contribution in [0.15, 0.2) is 27.6 Å². The van der Waals surface area contributed by atoms with E-state index in [9.17, 15) is 13.2 Å². The predicted molar refractivity (Wildman–Crippen MR) is 71.9 cm³/mol. The van der Waals surface area contributed by atoms with Crippen molar-refractivity contribution in [1.29, 1.82) is 0 Å². The maximum atomic E-state index is 11.9. The standard InChI is InChI=1S/C9H11BrClN3O3S/c10-6-1-2-8(7(11)5-6)18(16,17)14-4-3-13-9(12)15/h1-2,5,14H,3-4H2,(H3,12,13,15). The van der Waals surface area contributed by atoms with E-state index < -0.39 is 16.1 Å². The number of carbonyl (C=O) groups excluding carboxylic acids is 1. The summed E-state index contributed by atoms with van der Waals surface area (Å²) < 4.78 is 26.7. The Morgan fingerprint density at radius 1 is 1.39 bits per heavy atom. The summed E-state index contributed by atoms with van der Waals surface area (Å²) in [7, 11) is -3.70. The lowest BCUT2D eigenvalue weighted by Crippen LogP contribution is -2.37. The average molecular weight is 357 g/mol. The Hall–Kier alpha value is -0.830. The number of rotatable bonds is 5. The monoisotopic (exact) mass is 355 g/mol. The zero-order valence-electron chi connectivity index (χ0n) is 9.11. The number of hydrogen-bond donors (Lipinski definition) is 3. The Balaban J connectivity index is 2.71. The summed E-state index contributed by atoms with van der Waals surface area (Å²) in [6.45, 7) is 0.125. The Bertz CT molecular complexity index is 550. The van der Waals surface area contributed by atoms with Crippen LogP contribution in [0.4, 0.5) is 4.79 Å². The van der Waals surface area contributed by atoms with E-state index in [1.165, 1.54) is 12.1 Å². The van der Waals surface area contributed by atoms with E-state index in [4.69, 9.17) is 17.3 Å². The molecule has 100 valence electrons. The Kier molecular flexibility index (Phi) is 5.39. The van der Waals surface area contributed by atoms with Crippen LogP contribution in [0.5, 0.6) is 0 Å². The Morgan fingerprint density at radius 3 is 2.61 bits per heavy atom. The van der Waals surface area contributed by atoms with Crippen LogP contribution >= 0.6 is 27.5 Å². The maximum absolute atomic E-state index is 11.9. The van der Waals surface area contributed by atoms with Crippen LogP contribution in [0, 0.1) is 0 Å². The first-order chi connectivity index (χ1) is 8.33. The molecule has 0 radical (unpaired) electrons. The summed E-state index contributed by atoms with van der Waals surface area (Å²) in [5, 5.41) is 2.38. The van der Waals surface area contributed by atoms with Crippen molar-refractivity contribution in [3.8, 4) is 0 Å². The third kappa shape index (κ3) is 4.45. The summed E-state index contributed by atoms with van der Waals surface area (Å²) in [6.07, 6.45) is 0. The highest BCUT2D eigenvalue weighted by Crippen LogP contribution is 2.24. The second-order valence-corrected chi connectivity index (χ2v) is 6.32. The molecule has 0 fully saturated rings. The molecule has 1 aromatic rings. The van der Waals surface area contributed by atoms with Gasteiger partial charge in [0, 0.05) is 17.6 Å². The number of amides is 2. The molecule has 0 aliphatic rings. The van der Waals surface area contributed by atoms with Gasteiger partial charge in [-0.05, 0) is 18.2 Å². The van der Waals surface area contributed by atoms with E-state index in [1.807, 2.05) is 0 Å². The van der Waals surface area contributed by atoms with Gasteiger partial charge in [-0.25, -0.2) is 17.9 Å². The fraction of sp³-hybridized carbons (Fsp3) is 0.222. The summed E-state index contributed by atoms with van der Waals surface area (Å²) in [5.41, 5.74) is 4.84. The van der Waals surface area contributed by atoms with Gasteiger partial charge in [0.05, 0.1) is 5.02 Å². The molecular weight excluding hydrogens is 346 g/mol. The minimum atomic E-state index is -3.70. The van der Waals surface area contributed by atoms with Gasteiger partial charge in [-0.3, -0.25) is 0 Å². The summed E-state index contributed by atoms with van der Waals surface area (Å²) in [6, 6.07) is 3.73. The normalized spacial score (nSPS) is 11.2. The largest absolute Gasteiger partial charge is 0.352 e. The molecule has 0 heterocycles. The molecule has 0 aliphatic heterocycles. The van der Waals surface area contributed by atoms with E-state index in [2.05, 4.69) is 26.0 Å². The van der Waals surface area contributed by atoms with Crippen molar-refractivity contribution in [2.45, 2.75) is 4.90 Å². The first kappa shape index (κ1) is 15.2. The van der Waals surface area contributed by atoms with Crippen LogP contribution in [-0.4, -0.2) is 27.5 Å². The molecular formula is C9H11BrClN3O3S. The van der Waals surface area contributed by atoms with Crippen molar-refractivity contribution >= 4 is 43.6 Å². The van der Waals surface area contributed by atoms with Gasteiger partial charge in [0.15, 0.2) is 0 Å². The zero-order chi connectivity index (χ0) is 13.8. The van der Waals surface area contributed by atoms with Gasteiger partial charge in [-0.1, -0.05) is 27.5 Å². The molecule has 1 aromatic carbocycles. The number of nitrogens with one attached hydrogen (secondary N) is 2. The Labute approximate surface area is 118 Å².